The molecule has 0 amide bonds. The monoisotopic (exact) mass is 426 g/mol. The lowest BCUT2D eigenvalue weighted by Crippen LogP contribution is -2.60. The first-order valence-electron chi connectivity index (χ1n) is 9.84. The Hall–Kier alpha value is -2.37. The fourth-order valence-corrected chi connectivity index (χ4v) is 3.87. The summed E-state index contributed by atoms with van der Waals surface area (Å²) in [6.45, 7) is 6.49. The van der Waals surface area contributed by atoms with Crippen molar-refractivity contribution in [3.8, 4) is 0 Å². The van der Waals surface area contributed by atoms with E-state index in [1.165, 1.54) is 6.20 Å². The van der Waals surface area contributed by atoms with Crippen molar-refractivity contribution in [1.82, 2.24) is 20.1 Å². The highest BCUT2D eigenvalue weighted by molar-refractivity contribution is 6.01. The first-order chi connectivity index (χ1) is 14.3. The number of anilines is 1. The van der Waals surface area contributed by atoms with Crippen molar-refractivity contribution in [3.63, 3.8) is 0 Å². The Morgan fingerprint density at radius 2 is 1.73 bits per heavy atom. The molecule has 4 heterocycles. The molecule has 4 rings (SSSR count). The zero-order chi connectivity index (χ0) is 21.4. The zero-order valence-electron chi connectivity index (χ0n) is 16.7. The number of aliphatic imine (C=N–C) groups is 1. The lowest BCUT2D eigenvalue weighted by molar-refractivity contribution is -0.137. The number of amidine groups is 1. The molecule has 1 atom stereocenters. The van der Waals surface area contributed by atoms with Crippen molar-refractivity contribution in [2.24, 2.45) is 4.99 Å². The number of rotatable bonds is 2. The molecule has 0 bridgehead atoms. The number of morpholine rings is 2. The SMILES string of the molecule is CC1(N2CCOCC2)N=C(N2CCOCC2)C=C(c2cnc(N)cc2C(F)(F)F)N1. The van der Waals surface area contributed by atoms with Crippen LogP contribution in [0.4, 0.5) is 19.0 Å². The molecule has 3 aliphatic rings. The number of nitrogen functional groups attached to an aromatic ring is 1. The third kappa shape index (κ3) is 4.23. The molecule has 3 aliphatic heterocycles. The second-order valence-corrected chi connectivity index (χ2v) is 7.53. The molecule has 1 aromatic rings. The molecule has 0 aliphatic carbocycles. The number of alkyl halides is 3. The Kier molecular flexibility index (Phi) is 5.60. The van der Waals surface area contributed by atoms with Gasteiger partial charge in [-0.2, -0.15) is 13.2 Å². The molecule has 3 N–H and O–H groups in total. The van der Waals surface area contributed by atoms with Gasteiger partial charge < -0.3 is 25.4 Å². The molecule has 11 heteroatoms. The van der Waals surface area contributed by atoms with Crippen molar-refractivity contribution < 1.29 is 22.6 Å². The average molecular weight is 426 g/mol. The standard InChI is InChI=1S/C19H25F3N6O2/c1-18(28-4-8-30-9-5-28)25-15(11-17(26-18)27-2-6-29-7-3-27)13-12-24-16(23)10-14(13)19(20,21)22/h10-12,25H,2-9H2,1H3,(H2,23,24). The van der Waals surface area contributed by atoms with Gasteiger partial charge in [-0.15, -0.1) is 0 Å². The van der Waals surface area contributed by atoms with Crippen LogP contribution in [-0.4, -0.2) is 79.0 Å². The van der Waals surface area contributed by atoms with E-state index in [-0.39, 0.29) is 11.4 Å². The molecule has 30 heavy (non-hydrogen) atoms. The van der Waals surface area contributed by atoms with E-state index >= 15 is 0 Å². The van der Waals surface area contributed by atoms with E-state index in [0.717, 1.165) is 6.07 Å². The van der Waals surface area contributed by atoms with Crippen LogP contribution in [0.5, 0.6) is 0 Å². The number of pyridine rings is 1. The molecule has 164 valence electrons. The van der Waals surface area contributed by atoms with E-state index in [2.05, 4.69) is 15.2 Å². The van der Waals surface area contributed by atoms with Crippen LogP contribution in [0.15, 0.2) is 23.3 Å². The van der Waals surface area contributed by atoms with Crippen LogP contribution in [-0.2, 0) is 15.7 Å². The number of hydrogen-bond donors (Lipinski definition) is 2. The summed E-state index contributed by atoms with van der Waals surface area (Å²) in [7, 11) is 0. The smallest absolute Gasteiger partial charge is 0.384 e. The fourth-order valence-electron chi connectivity index (χ4n) is 3.87. The van der Waals surface area contributed by atoms with Gasteiger partial charge in [0.1, 0.15) is 11.7 Å². The van der Waals surface area contributed by atoms with Gasteiger partial charge in [0, 0.05) is 44.0 Å². The fraction of sp³-hybridized carbons (Fsp3) is 0.579. The van der Waals surface area contributed by atoms with Gasteiger partial charge in [0.15, 0.2) is 5.79 Å². The summed E-state index contributed by atoms with van der Waals surface area (Å²) < 4.78 is 52.1. The van der Waals surface area contributed by atoms with Crippen molar-refractivity contribution in [1.29, 1.82) is 0 Å². The van der Waals surface area contributed by atoms with E-state index in [0.29, 0.717) is 64.1 Å². The van der Waals surface area contributed by atoms with Crippen molar-refractivity contribution in [2.75, 3.05) is 58.3 Å². The van der Waals surface area contributed by atoms with E-state index in [4.69, 9.17) is 20.2 Å². The predicted molar refractivity (Wildman–Crippen MR) is 105 cm³/mol. The molecule has 0 radical (unpaired) electrons. The van der Waals surface area contributed by atoms with Crippen LogP contribution in [0.25, 0.3) is 5.70 Å². The van der Waals surface area contributed by atoms with Crippen LogP contribution in [0.2, 0.25) is 0 Å². The van der Waals surface area contributed by atoms with Gasteiger partial charge in [0.25, 0.3) is 0 Å². The molecular formula is C19H25F3N6O2. The lowest BCUT2D eigenvalue weighted by Gasteiger charge is -2.45. The van der Waals surface area contributed by atoms with Gasteiger partial charge in [-0.1, -0.05) is 0 Å². The van der Waals surface area contributed by atoms with E-state index in [1.807, 2.05) is 11.8 Å². The first kappa shape index (κ1) is 20.9. The maximum absolute atomic E-state index is 13.8. The molecule has 2 fully saturated rings. The summed E-state index contributed by atoms with van der Waals surface area (Å²) in [5.41, 5.74) is 4.96. The lowest BCUT2D eigenvalue weighted by atomic mass is 10.0. The van der Waals surface area contributed by atoms with Crippen LogP contribution < -0.4 is 11.1 Å². The third-order valence-corrected chi connectivity index (χ3v) is 5.46. The molecule has 8 nitrogen and oxygen atoms in total. The molecule has 2 saturated heterocycles. The second kappa shape index (κ2) is 8.05. The molecule has 0 spiro atoms. The van der Waals surface area contributed by atoms with Crippen LogP contribution in [0, 0.1) is 0 Å². The van der Waals surface area contributed by atoms with Crippen molar-refractivity contribution in [2.45, 2.75) is 18.9 Å². The maximum Gasteiger partial charge on any atom is 0.417 e. The Balaban J connectivity index is 1.77. The molecule has 1 aromatic heterocycles. The average Bonchev–Trinajstić information content (AvgIpc) is 2.74. The Labute approximate surface area is 172 Å². The highest BCUT2D eigenvalue weighted by Crippen LogP contribution is 2.37. The molecule has 1 unspecified atom stereocenters. The van der Waals surface area contributed by atoms with Crippen molar-refractivity contribution in [3.05, 3.63) is 29.5 Å². The van der Waals surface area contributed by atoms with Gasteiger partial charge in [0.2, 0.25) is 0 Å². The second-order valence-electron chi connectivity index (χ2n) is 7.53. The van der Waals surface area contributed by atoms with Gasteiger partial charge >= 0.3 is 6.18 Å². The minimum atomic E-state index is -4.57. The van der Waals surface area contributed by atoms with E-state index < -0.39 is 17.5 Å². The Morgan fingerprint density at radius 3 is 2.37 bits per heavy atom. The molecule has 0 saturated carbocycles. The number of nitrogens with two attached hydrogens (primary N) is 1. The number of nitrogens with zero attached hydrogens (tertiary/aromatic N) is 4. The van der Waals surface area contributed by atoms with Gasteiger partial charge in [-0.3, -0.25) is 4.90 Å². The molecular weight excluding hydrogens is 401 g/mol. The quantitative estimate of drug-likeness (QED) is 0.738. The van der Waals surface area contributed by atoms with Gasteiger partial charge in [-0.05, 0) is 13.0 Å². The summed E-state index contributed by atoms with van der Waals surface area (Å²) in [4.78, 5) is 12.9. The van der Waals surface area contributed by atoms with Gasteiger partial charge in [0.05, 0.1) is 37.7 Å². The number of nitrogens with one attached hydrogen (secondary N) is 1. The van der Waals surface area contributed by atoms with E-state index in [9.17, 15) is 13.2 Å². The maximum atomic E-state index is 13.8. The predicted octanol–water partition coefficient (Wildman–Crippen LogP) is 1.36. The molecule has 0 aromatic carbocycles. The van der Waals surface area contributed by atoms with E-state index in [1.54, 1.807) is 6.08 Å². The summed E-state index contributed by atoms with van der Waals surface area (Å²) in [5, 5.41) is 3.22. The highest BCUT2D eigenvalue weighted by atomic mass is 19.4. The largest absolute Gasteiger partial charge is 0.417 e. The topological polar surface area (TPSA) is 88.2 Å². The minimum Gasteiger partial charge on any atom is -0.384 e. The number of aromatic nitrogens is 1. The summed E-state index contributed by atoms with van der Waals surface area (Å²) in [6, 6.07) is 0.865. The van der Waals surface area contributed by atoms with Crippen molar-refractivity contribution >= 4 is 17.4 Å². The first-order valence-corrected chi connectivity index (χ1v) is 9.84. The normalized spacial score (nSPS) is 26.1. The van der Waals surface area contributed by atoms with Crippen LogP contribution >= 0.6 is 0 Å². The summed E-state index contributed by atoms with van der Waals surface area (Å²) in [5.74, 6) is -0.488. The van der Waals surface area contributed by atoms with Gasteiger partial charge in [-0.25, -0.2) is 9.98 Å². The highest BCUT2D eigenvalue weighted by Gasteiger charge is 2.40. The summed E-state index contributed by atoms with van der Waals surface area (Å²) in [6.07, 6.45) is -1.76. The van der Waals surface area contributed by atoms with Crippen LogP contribution in [0.3, 0.4) is 0 Å². The Morgan fingerprint density at radius 1 is 1.10 bits per heavy atom. The number of ether oxygens (including phenoxy) is 2. The Bertz CT molecular complexity index is 847. The van der Waals surface area contributed by atoms with Crippen LogP contribution in [0.1, 0.15) is 18.1 Å². The minimum absolute atomic E-state index is 0.0585. The number of halogens is 3. The third-order valence-electron chi connectivity index (χ3n) is 5.46. The summed E-state index contributed by atoms with van der Waals surface area (Å²) >= 11 is 0. The number of hydrogen-bond acceptors (Lipinski definition) is 8. The zero-order valence-corrected chi connectivity index (χ0v) is 16.7.